The van der Waals surface area contributed by atoms with Gasteiger partial charge in [0.2, 0.25) is 0 Å². The largest absolute Gasteiger partial charge is 0.480 e. The molecule has 1 saturated carbocycles. The molecule has 3 aromatic rings. The van der Waals surface area contributed by atoms with Crippen LogP contribution in [-0.2, 0) is 4.79 Å². The van der Waals surface area contributed by atoms with Crippen molar-refractivity contribution in [3.63, 3.8) is 0 Å². The van der Waals surface area contributed by atoms with E-state index in [0.29, 0.717) is 28.6 Å². The summed E-state index contributed by atoms with van der Waals surface area (Å²) < 4.78 is 18.8. The number of carboxylic acids is 1. The van der Waals surface area contributed by atoms with E-state index in [2.05, 4.69) is 15.3 Å². The molecular formula is C19H17FN4O3. The number of nitrogen functional groups attached to an aromatic ring is 1. The molecule has 138 valence electrons. The molecule has 1 fully saturated rings. The number of nitrogens with two attached hydrogens (primary N) is 1. The Hall–Kier alpha value is -3.42. The van der Waals surface area contributed by atoms with Crippen molar-refractivity contribution in [3.05, 3.63) is 48.0 Å². The van der Waals surface area contributed by atoms with E-state index in [-0.39, 0.29) is 5.75 Å². The molecule has 4 N–H and O–H groups in total. The van der Waals surface area contributed by atoms with Crippen LogP contribution in [0.25, 0.3) is 10.9 Å². The number of aliphatic carboxylic acids is 1. The maximum absolute atomic E-state index is 13.6. The van der Waals surface area contributed by atoms with Gasteiger partial charge in [0.1, 0.15) is 23.7 Å². The first kappa shape index (κ1) is 17.0. The number of ether oxygens (including phenoxy) is 1. The van der Waals surface area contributed by atoms with E-state index in [1.54, 1.807) is 6.07 Å². The van der Waals surface area contributed by atoms with Gasteiger partial charge >= 0.3 is 5.97 Å². The lowest BCUT2D eigenvalue weighted by molar-refractivity contribution is -0.139. The zero-order chi connectivity index (χ0) is 19.0. The van der Waals surface area contributed by atoms with Crippen molar-refractivity contribution in [3.8, 4) is 5.75 Å². The fourth-order valence-electron chi connectivity index (χ4n) is 3.04. The van der Waals surface area contributed by atoms with Gasteiger partial charge in [-0.05, 0) is 48.6 Å². The second-order valence-electron chi connectivity index (χ2n) is 6.45. The van der Waals surface area contributed by atoms with E-state index in [9.17, 15) is 9.18 Å². The minimum absolute atomic E-state index is 0.0904. The molecule has 0 unspecified atom stereocenters. The van der Waals surface area contributed by atoms with E-state index in [1.165, 1.54) is 18.5 Å². The fraction of sp³-hybridized carbons (Fsp3) is 0.211. The number of halogens is 1. The van der Waals surface area contributed by atoms with Crippen molar-refractivity contribution < 1.29 is 19.0 Å². The molecule has 27 heavy (non-hydrogen) atoms. The number of fused-ring (bicyclic) bond motifs is 1. The van der Waals surface area contributed by atoms with Crippen molar-refractivity contribution in [2.75, 3.05) is 17.7 Å². The van der Waals surface area contributed by atoms with Gasteiger partial charge in [0.05, 0.1) is 11.2 Å². The van der Waals surface area contributed by atoms with E-state index in [1.807, 2.05) is 6.07 Å². The summed E-state index contributed by atoms with van der Waals surface area (Å²) in [5.41, 5.74) is 8.84. The van der Waals surface area contributed by atoms with Crippen molar-refractivity contribution in [2.24, 2.45) is 0 Å². The van der Waals surface area contributed by atoms with Crippen LogP contribution >= 0.6 is 0 Å². The van der Waals surface area contributed by atoms with Crippen LogP contribution in [0.1, 0.15) is 24.3 Å². The van der Waals surface area contributed by atoms with E-state index in [4.69, 9.17) is 15.6 Å². The van der Waals surface area contributed by atoms with E-state index >= 15 is 0 Å². The van der Waals surface area contributed by atoms with Crippen LogP contribution < -0.4 is 15.8 Å². The number of anilines is 3. The summed E-state index contributed by atoms with van der Waals surface area (Å²) in [6.07, 6.45) is 3.58. The molecule has 8 heteroatoms. The molecule has 0 aliphatic heterocycles. The van der Waals surface area contributed by atoms with E-state index in [0.717, 1.165) is 29.9 Å². The Labute approximate surface area is 154 Å². The summed E-state index contributed by atoms with van der Waals surface area (Å²) in [5, 5.41) is 12.8. The fourth-order valence-corrected chi connectivity index (χ4v) is 3.04. The summed E-state index contributed by atoms with van der Waals surface area (Å²) in [6, 6.07) is 7.59. The second kappa shape index (κ2) is 6.71. The number of carbonyl (C=O) groups is 1. The van der Waals surface area contributed by atoms with Crippen LogP contribution in [0, 0.1) is 5.82 Å². The SMILES string of the molecule is Nc1cc(C2CC2)c2c(Nc3ccc(F)cc3OCC(=O)O)ncnc2c1. The lowest BCUT2D eigenvalue weighted by atomic mass is 10.0. The van der Waals surface area contributed by atoms with Gasteiger partial charge in [-0.3, -0.25) is 0 Å². The number of aromatic nitrogens is 2. The maximum Gasteiger partial charge on any atom is 0.341 e. The molecule has 4 rings (SSSR count). The summed E-state index contributed by atoms with van der Waals surface area (Å²) >= 11 is 0. The highest BCUT2D eigenvalue weighted by Crippen LogP contribution is 2.45. The zero-order valence-corrected chi connectivity index (χ0v) is 14.3. The number of carboxylic acid groups (broad SMARTS) is 1. The van der Waals surface area contributed by atoms with Gasteiger partial charge in [0.25, 0.3) is 0 Å². The van der Waals surface area contributed by atoms with Gasteiger partial charge in [0.15, 0.2) is 6.61 Å². The van der Waals surface area contributed by atoms with Crippen molar-refractivity contribution in [1.82, 2.24) is 9.97 Å². The van der Waals surface area contributed by atoms with Gasteiger partial charge in [-0.1, -0.05) is 0 Å². The standard InChI is InChI=1S/C19H17FN4O3/c20-11-3-4-14(16(5-11)27-8-17(25)26)24-19-18-13(10-1-2-10)6-12(21)7-15(18)22-9-23-19/h3-7,9-10H,1-2,8,21H2,(H,25,26)(H,22,23,24). The highest BCUT2D eigenvalue weighted by atomic mass is 19.1. The third kappa shape index (κ3) is 3.59. The average molecular weight is 368 g/mol. The predicted octanol–water partition coefficient (Wildman–Crippen LogP) is 3.44. The molecule has 2 aromatic carbocycles. The van der Waals surface area contributed by atoms with Gasteiger partial charge < -0.3 is 20.9 Å². The molecule has 1 aromatic heterocycles. The van der Waals surface area contributed by atoms with Crippen molar-refractivity contribution in [1.29, 1.82) is 0 Å². The maximum atomic E-state index is 13.6. The van der Waals surface area contributed by atoms with Crippen molar-refractivity contribution >= 4 is 34.1 Å². The molecule has 1 aliphatic carbocycles. The van der Waals surface area contributed by atoms with Crippen LogP contribution in [-0.4, -0.2) is 27.7 Å². The van der Waals surface area contributed by atoms with Crippen LogP contribution in [0.5, 0.6) is 5.75 Å². The Balaban J connectivity index is 1.77. The molecule has 1 heterocycles. The van der Waals surface area contributed by atoms with Crippen LogP contribution in [0.15, 0.2) is 36.7 Å². The monoisotopic (exact) mass is 368 g/mol. The molecule has 0 amide bonds. The third-order valence-corrected chi connectivity index (χ3v) is 4.36. The van der Waals surface area contributed by atoms with Crippen LogP contribution in [0.2, 0.25) is 0 Å². The second-order valence-corrected chi connectivity index (χ2v) is 6.45. The Morgan fingerprint density at radius 2 is 2.11 bits per heavy atom. The minimum Gasteiger partial charge on any atom is -0.480 e. The number of hydrogen-bond acceptors (Lipinski definition) is 6. The number of nitrogens with zero attached hydrogens (tertiary/aromatic N) is 2. The zero-order valence-electron chi connectivity index (χ0n) is 14.3. The first-order chi connectivity index (χ1) is 13.0. The van der Waals surface area contributed by atoms with Gasteiger partial charge in [0, 0.05) is 17.1 Å². The predicted molar refractivity (Wildman–Crippen MR) is 98.7 cm³/mol. The summed E-state index contributed by atoms with van der Waals surface area (Å²) in [5.74, 6) is -0.635. The van der Waals surface area contributed by atoms with Gasteiger partial charge in [-0.25, -0.2) is 19.2 Å². The highest BCUT2D eigenvalue weighted by Gasteiger charge is 2.27. The molecular weight excluding hydrogens is 351 g/mol. The van der Waals surface area contributed by atoms with Crippen molar-refractivity contribution in [2.45, 2.75) is 18.8 Å². The Kier molecular flexibility index (Phi) is 4.23. The Bertz CT molecular complexity index is 1040. The summed E-state index contributed by atoms with van der Waals surface area (Å²) in [7, 11) is 0. The Morgan fingerprint density at radius 1 is 1.30 bits per heavy atom. The summed E-state index contributed by atoms with van der Waals surface area (Å²) in [6.45, 7) is -0.577. The highest BCUT2D eigenvalue weighted by molar-refractivity contribution is 5.96. The number of benzene rings is 2. The first-order valence-corrected chi connectivity index (χ1v) is 8.46. The molecule has 0 bridgehead atoms. The molecule has 0 saturated heterocycles. The van der Waals surface area contributed by atoms with Crippen LogP contribution in [0.4, 0.5) is 21.6 Å². The summed E-state index contributed by atoms with van der Waals surface area (Å²) in [4.78, 5) is 19.4. The number of hydrogen-bond donors (Lipinski definition) is 3. The minimum atomic E-state index is -1.15. The smallest absolute Gasteiger partial charge is 0.341 e. The lowest BCUT2D eigenvalue weighted by Gasteiger charge is -2.15. The molecule has 1 aliphatic rings. The quantitative estimate of drug-likeness (QED) is 0.572. The molecule has 0 radical (unpaired) electrons. The third-order valence-electron chi connectivity index (χ3n) is 4.36. The van der Waals surface area contributed by atoms with Gasteiger partial charge in [-0.15, -0.1) is 0 Å². The van der Waals surface area contributed by atoms with Gasteiger partial charge in [-0.2, -0.15) is 0 Å². The normalized spacial score (nSPS) is 13.5. The lowest BCUT2D eigenvalue weighted by Crippen LogP contribution is -2.11. The topological polar surface area (TPSA) is 110 Å². The number of nitrogens with one attached hydrogen (secondary N) is 1. The van der Waals surface area contributed by atoms with E-state index < -0.39 is 18.4 Å². The van der Waals surface area contributed by atoms with Crippen LogP contribution in [0.3, 0.4) is 0 Å². The molecule has 0 atom stereocenters. The number of rotatable bonds is 6. The average Bonchev–Trinajstić information content (AvgIpc) is 3.46. The molecule has 0 spiro atoms. The Morgan fingerprint density at radius 3 is 2.85 bits per heavy atom. The first-order valence-electron chi connectivity index (χ1n) is 8.46. The molecule has 7 nitrogen and oxygen atoms in total.